The lowest BCUT2D eigenvalue weighted by Crippen LogP contribution is -2.50. The van der Waals surface area contributed by atoms with Crippen LogP contribution in [0.15, 0.2) is 24.3 Å². The van der Waals surface area contributed by atoms with E-state index in [1.807, 2.05) is 21.1 Å². The third-order valence-corrected chi connectivity index (χ3v) is 8.87. The van der Waals surface area contributed by atoms with Crippen LogP contribution < -0.4 is 0 Å². The van der Waals surface area contributed by atoms with E-state index in [4.69, 9.17) is 14.2 Å². The summed E-state index contributed by atoms with van der Waals surface area (Å²) in [5.41, 5.74) is 0. The molecular weight excluding hydrogens is 618 g/mol. The number of hydrogen-bond acceptors (Lipinski definition) is 6. The first-order chi connectivity index (χ1) is 23.6. The van der Waals surface area contributed by atoms with E-state index in [1.165, 1.54) is 77.0 Å². The van der Waals surface area contributed by atoms with Gasteiger partial charge in [-0.15, -0.1) is 0 Å². The highest BCUT2D eigenvalue weighted by molar-refractivity contribution is 5.72. The summed E-state index contributed by atoms with van der Waals surface area (Å²) < 4.78 is 17.2. The van der Waals surface area contributed by atoms with E-state index >= 15 is 0 Å². The fraction of sp³-hybridized carbons (Fsp3) is 0.829. The van der Waals surface area contributed by atoms with Crippen molar-refractivity contribution in [1.82, 2.24) is 0 Å². The van der Waals surface area contributed by atoms with Crippen molar-refractivity contribution in [3.8, 4) is 0 Å². The molecule has 0 saturated carbocycles. The van der Waals surface area contributed by atoms with Gasteiger partial charge in [0.1, 0.15) is 6.61 Å². The quantitative estimate of drug-likeness (QED) is 0.0305. The first-order valence-electron chi connectivity index (χ1n) is 19.9. The second-order valence-electron chi connectivity index (χ2n) is 14.5. The monoisotopic (exact) mass is 695 g/mol. The number of allylic oxidation sites excluding steroid dienone is 4. The molecule has 0 amide bonds. The van der Waals surface area contributed by atoms with Crippen LogP contribution >= 0.6 is 0 Å². The lowest BCUT2D eigenvalue weighted by Gasteiger charge is -2.31. The topological polar surface area (TPSA) is 99.1 Å². The predicted octanol–water partition coefficient (Wildman–Crippen LogP) is 10.1. The second-order valence-corrected chi connectivity index (χ2v) is 14.5. The normalized spacial score (nSPS) is 13.2. The maximum atomic E-state index is 12.7. The van der Waals surface area contributed by atoms with Gasteiger partial charge in [0.05, 0.1) is 34.4 Å². The summed E-state index contributed by atoms with van der Waals surface area (Å²) in [6, 6.07) is -0.612. The average molecular weight is 695 g/mol. The first-order valence-corrected chi connectivity index (χ1v) is 19.9. The molecule has 0 aromatic carbocycles. The number of nitrogens with zero attached hydrogens (tertiary/aromatic N) is 1. The van der Waals surface area contributed by atoms with E-state index in [1.54, 1.807) is 0 Å². The van der Waals surface area contributed by atoms with Gasteiger partial charge in [-0.1, -0.05) is 134 Å². The minimum Gasteiger partial charge on any atom is -0.477 e. The smallest absolute Gasteiger partial charge is 0.362 e. The summed E-state index contributed by atoms with van der Waals surface area (Å²) in [5, 5.41) is 9.58. The van der Waals surface area contributed by atoms with Crippen LogP contribution in [0.5, 0.6) is 0 Å². The van der Waals surface area contributed by atoms with Crippen molar-refractivity contribution < 1.29 is 38.2 Å². The highest BCUT2D eigenvalue weighted by Gasteiger charge is 2.31. The number of carbonyl (C=O) groups is 3. The molecule has 8 heteroatoms. The van der Waals surface area contributed by atoms with Gasteiger partial charge < -0.3 is 23.8 Å². The van der Waals surface area contributed by atoms with Crippen molar-refractivity contribution >= 4 is 17.9 Å². The summed E-state index contributed by atoms with van der Waals surface area (Å²) in [5.74, 6) is -1.47. The maximum Gasteiger partial charge on any atom is 0.362 e. The van der Waals surface area contributed by atoms with E-state index in [0.29, 0.717) is 19.3 Å². The number of likely N-dealkylation sites (N-methyl/N-ethyl adjacent to an activating group) is 1. The van der Waals surface area contributed by atoms with Crippen molar-refractivity contribution in [2.45, 2.75) is 180 Å². The van der Waals surface area contributed by atoms with Crippen molar-refractivity contribution in [2.24, 2.45) is 0 Å². The van der Waals surface area contributed by atoms with Crippen LogP contribution in [0.25, 0.3) is 0 Å². The highest BCUT2D eigenvalue weighted by atomic mass is 16.6. The Bertz CT molecular complexity index is 864. The third-order valence-electron chi connectivity index (χ3n) is 8.87. The zero-order valence-corrected chi connectivity index (χ0v) is 32.4. The van der Waals surface area contributed by atoms with Crippen LogP contribution in [0.1, 0.15) is 168 Å². The van der Waals surface area contributed by atoms with Gasteiger partial charge in [-0.2, -0.15) is 0 Å². The summed E-state index contributed by atoms with van der Waals surface area (Å²) in [6.45, 7) is 4.61. The standard InChI is InChI=1S/C41H75NO7/c1-6-8-10-12-14-16-18-19-20-22-24-26-28-30-32-40(44)49-37(35-47-34-33-38(41(45)46)42(3,4)5)36-48-39(43)31-29-27-25-23-21-17-15-13-11-9-7-2/h8,10,14,16,37-38H,6-7,9,11-13,15,17-36H2,1-5H3/p+1/b10-8+,16-14+. The van der Waals surface area contributed by atoms with Crippen molar-refractivity contribution in [3.63, 3.8) is 0 Å². The summed E-state index contributed by atoms with van der Waals surface area (Å²) in [6.07, 6.45) is 33.6. The number of ether oxygens (including phenoxy) is 3. The van der Waals surface area contributed by atoms with Crippen LogP contribution in [0.3, 0.4) is 0 Å². The molecule has 0 bridgehead atoms. The lowest BCUT2D eigenvalue weighted by molar-refractivity contribution is -0.887. The molecule has 2 atom stereocenters. The molecular formula is C41H76NO7+. The molecule has 0 aliphatic carbocycles. The minimum atomic E-state index is -0.876. The number of carbonyl (C=O) groups excluding carboxylic acids is 2. The summed E-state index contributed by atoms with van der Waals surface area (Å²) >= 11 is 0. The van der Waals surface area contributed by atoms with Gasteiger partial charge in [-0.05, 0) is 38.5 Å². The summed E-state index contributed by atoms with van der Waals surface area (Å²) in [7, 11) is 5.52. The Labute approximate surface area is 301 Å². The van der Waals surface area contributed by atoms with E-state index in [9.17, 15) is 19.5 Å². The molecule has 0 spiro atoms. The Morgan fingerprint density at radius 1 is 0.633 bits per heavy atom. The highest BCUT2D eigenvalue weighted by Crippen LogP contribution is 2.14. The number of aliphatic carboxylic acids is 1. The zero-order valence-electron chi connectivity index (χ0n) is 32.4. The molecule has 49 heavy (non-hydrogen) atoms. The molecule has 0 aliphatic rings. The van der Waals surface area contributed by atoms with E-state index in [0.717, 1.165) is 57.8 Å². The van der Waals surface area contributed by atoms with Gasteiger partial charge in [0.2, 0.25) is 0 Å². The number of unbranched alkanes of at least 4 members (excludes halogenated alkanes) is 17. The maximum absolute atomic E-state index is 12.7. The predicted molar refractivity (Wildman–Crippen MR) is 202 cm³/mol. The molecule has 8 nitrogen and oxygen atoms in total. The van der Waals surface area contributed by atoms with E-state index in [-0.39, 0.29) is 36.2 Å². The number of rotatable bonds is 35. The Morgan fingerprint density at radius 3 is 1.67 bits per heavy atom. The van der Waals surface area contributed by atoms with E-state index in [2.05, 4.69) is 38.2 Å². The molecule has 0 heterocycles. The fourth-order valence-electron chi connectivity index (χ4n) is 5.78. The number of esters is 2. The molecule has 0 rings (SSSR count). The van der Waals surface area contributed by atoms with Crippen LogP contribution in [0, 0.1) is 0 Å². The molecule has 286 valence electrons. The summed E-state index contributed by atoms with van der Waals surface area (Å²) in [4.78, 5) is 36.8. The second kappa shape index (κ2) is 33.0. The molecule has 0 saturated heterocycles. The Balaban J connectivity index is 4.40. The average Bonchev–Trinajstić information content (AvgIpc) is 3.05. The number of hydrogen-bond donors (Lipinski definition) is 1. The first kappa shape index (κ1) is 46.8. The Hall–Kier alpha value is -2.19. The van der Waals surface area contributed by atoms with Gasteiger partial charge in [-0.3, -0.25) is 9.59 Å². The SMILES string of the molecule is CC/C=C/C/C=C/CCCCCCCCCC(=O)OC(COCCC(C(=O)O)[N+](C)(C)C)COC(=O)CCCCCCCCCCCCC. The van der Waals surface area contributed by atoms with Crippen LogP contribution in [0.2, 0.25) is 0 Å². The van der Waals surface area contributed by atoms with Crippen molar-refractivity contribution in [3.05, 3.63) is 24.3 Å². The lowest BCUT2D eigenvalue weighted by atomic mass is 10.1. The minimum absolute atomic E-state index is 0.0507. The van der Waals surface area contributed by atoms with Gasteiger partial charge >= 0.3 is 17.9 Å². The van der Waals surface area contributed by atoms with E-state index < -0.39 is 18.1 Å². The molecule has 0 aromatic rings. The molecule has 0 aliphatic heterocycles. The zero-order chi connectivity index (χ0) is 36.4. The molecule has 2 unspecified atom stereocenters. The van der Waals surface area contributed by atoms with Crippen LogP contribution in [0.4, 0.5) is 0 Å². The van der Waals surface area contributed by atoms with Gasteiger partial charge in [0.15, 0.2) is 12.1 Å². The largest absolute Gasteiger partial charge is 0.477 e. The molecule has 0 fully saturated rings. The Kier molecular flexibility index (Phi) is 31.5. The molecule has 1 N–H and O–H groups in total. The Morgan fingerprint density at radius 2 is 1.14 bits per heavy atom. The molecule has 0 radical (unpaired) electrons. The number of quaternary nitrogens is 1. The van der Waals surface area contributed by atoms with Crippen LogP contribution in [-0.2, 0) is 28.6 Å². The molecule has 0 aromatic heterocycles. The van der Waals surface area contributed by atoms with Crippen LogP contribution in [-0.4, -0.2) is 80.6 Å². The fourth-order valence-corrected chi connectivity index (χ4v) is 5.78. The van der Waals surface area contributed by atoms with Crippen molar-refractivity contribution in [1.29, 1.82) is 0 Å². The number of carboxylic acid groups (broad SMARTS) is 1. The number of carboxylic acids is 1. The van der Waals surface area contributed by atoms with Gasteiger partial charge in [-0.25, -0.2) is 4.79 Å². The van der Waals surface area contributed by atoms with Gasteiger partial charge in [0.25, 0.3) is 0 Å². The van der Waals surface area contributed by atoms with Gasteiger partial charge in [0, 0.05) is 19.3 Å². The van der Waals surface area contributed by atoms with Crippen molar-refractivity contribution in [2.75, 3.05) is 41.0 Å². The third kappa shape index (κ3) is 31.5.